The summed E-state index contributed by atoms with van der Waals surface area (Å²) in [5, 5.41) is 18.5. The van der Waals surface area contributed by atoms with Crippen molar-refractivity contribution in [2.24, 2.45) is 5.92 Å². The lowest BCUT2D eigenvalue weighted by atomic mass is 10.1. The van der Waals surface area contributed by atoms with E-state index in [2.05, 4.69) is 0 Å². The molecule has 100 valence electrons. The molecule has 2 rings (SSSR count). The number of ether oxygens (including phenoxy) is 1. The number of aromatic hydroxyl groups is 1. The van der Waals surface area contributed by atoms with Gasteiger partial charge in [-0.15, -0.1) is 0 Å². The quantitative estimate of drug-likeness (QED) is 0.465. The summed E-state index contributed by atoms with van der Waals surface area (Å²) >= 11 is 0. The third-order valence-corrected chi connectivity index (χ3v) is 3.33. The number of methoxy groups -OCH3 is 1. The van der Waals surface area contributed by atoms with E-state index < -0.39 is 0 Å². The minimum Gasteiger partial charge on any atom is -0.504 e. The zero-order chi connectivity index (χ0) is 14.0. The van der Waals surface area contributed by atoms with Gasteiger partial charge in [-0.2, -0.15) is 5.26 Å². The van der Waals surface area contributed by atoms with E-state index in [1.54, 1.807) is 12.1 Å². The lowest BCUT2D eigenvalue weighted by molar-refractivity contribution is -0.144. The second-order valence-corrected chi connectivity index (χ2v) is 4.50. The molecule has 1 aliphatic rings. The molecule has 0 aromatic heterocycles. The molecule has 3 N–H and O–H groups in total. The summed E-state index contributed by atoms with van der Waals surface area (Å²) in [6, 6.07) is 5.08. The number of rotatable bonds is 2. The second-order valence-electron chi connectivity index (χ2n) is 4.50. The number of phenolic OH excluding ortho intramolecular Hbond substituents is 1. The standard InChI is InChI=1S/C13H15N3O3/c1-19-13(18)8-2-3-16(7-8)10-4-9(6-14)12(17)11(15)5-10/h4-5,8,17H,2-3,7,15H2,1H3/t8-/m1/s1. The zero-order valence-electron chi connectivity index (χ0n) is 10.6. The van der Waals surface area contributed by atoms with E-state index in [4.69, 9.17) is 15.7 Å². The number of carbonyl (C=O) groups excluding carboxylic acids is 1. The Bertz CT molecular complexity index is 551. The number of nitrogens with zero attached hydrogens (tertiary/aromatic N) is 2. The summed E-state index contributed by atoms with van der Waals surface area (Å²) in [7, 11) is 1.37. The summed E-state index contributed by atoms with van der Waals surface area (Å²) < 4.78 is 4.72. The van der Waals surface area contributed by atoms with Crippen molar-refractivity contribution >= 4 is 17.3 Å². The molecule has 0 saturated carbocycles. The van der Waals surface area contributed by atoms with Crippen LogP contribution in [0.4, 0.5) is 11.4 Å². The second kappa shape index (κ2) is 5.06. The van der Waals surface area contributed by atoms with Gasteiger partial charge in [-0.1, -0.05) is 0 Å². The molecule has 1 aliphatic heterocycles. The third-order valence-electron chi connectivity index (χ3n) is 3.33. The highest BCUT2D eigenvalue weighted by atomic mass is 16.5. The number of nitriles is 1. The highest BCUT2D eigenvalue weighted by molar-refractivity contribution is 5.75. The van der Waals surface area contributed by atoms with Gasteiger partial charge >= 0.3 is 5.97 Å². The monoisotopic (exact) mass is 261 g/mol. The van der Waals surface area contributed by atoms with E-state index in [9.17, 15) is 9.90 Å². The molecule has 1 saturated heterocycles. The van der Waals surface area contributed by atoms with Crippen LogP contribution in [0.2, 0.25) is 0 Å². The van der Waals surface area contributed by atoms with Crippen LogP contribution in [0.15, 0.2) is 12.1 Å². The Morgan fingerprint density at radius 1 is 1.63 bits per heavy atom. The van der Waals surface area contributed by atoms with E-state index in [1.807, 2.05) is 11.0 Å². The van der Waals surface area contributed by atoms with Crippen molar-refractivity contribution < 1.29 is 14.6 Å². The molecular formula is C13H15N3O3. The van der Waals surface area contributed by atoms with Crippen molar-refractivity contribution in [3.05, 3.63) is 17.7 Å². The first kappa shape index (κ1) is 13.0. The van der Waals surface area contributed by atoms with Gasteiger partial charge in [-0.25, -0.2) is 0 Å². The summed E-state index contributed by atoms with van der Waals surface area (Å²) in [5.41, 5.74) is 6.70. The first-order chi connectivity index (χ1) is 9.06. The SMILES string of the molecule is COC(=O)[C@@H]1CCN(c2cc(N)c(O)c(C#N)c2)C1. The predicted molar refractivity (Wildman–Crippen MR) is 69.6 cm³/mol. The number of nitrogen functional groups attached to an aromatic ring is 1. The van der Waals surface area contributed by atoms with Gasteiger partial charge in [0.05, 0.1) is 24.3 Å². The van der Waals surface area contributed by atoms with Crippen molar-refractivity contribution in [1.82, 2.24) is 0 Å². The molecule has 6 heteroatoms. The Balaban J connectivity index is 2.23. The highest BCUT2D eigenvalue weighted by Crippen LogP contribution is 2.33. The van der Waals surface area contributed by atoms with Crippen molar-refractivity contribution in [1.29, 1.82) is 5.26 Å². The van der Waals surface area contributed by atoms with Crippen LogP contribution in [-0.4, -0.2) is 31.3 Å². The van der Waals surface area contributed by atoms with Crippen LogP contribution in [-0.2, 0) is 9.53 Å². The molecule has 0 unspecified atom stereocenters. The maximum atomic E-state index is 11.5. The molecule has 0 spiro atoms. The normalized spacial score (nSPS) is 18.1. The van der Waals surface area contributed by atoms with Gasteiger partial charge in [0.1, 0.15) is 6.07 Å². The van der Waals surface area contributed by atoms with Crippen molar-refractivity contribution in [2.45, 2.75) is 6.42 Å². The molecule has 1 aromatic rings. The van der Waals surface area contributed by atoms with Gasteiger partial charge in [0.25, 0.3) is 0 Å². The molecule has 0 aliphatic carbocycles. The van der Waals surface area contributed by atoms with E-state index in [-0.39, 0.29) is 28.9 Å². The van der Waals surface area contributed by atoms with Gasteiger partial charge in [0, 0.05) is 18.8 Å². The largest absolute Gasteiger partial charge is 0.504 e. The number of anilines is 2. The number of hydrogen-bond donors (Lipinski definition) is 2. The van der Waals surface area contributed by atoms with Crippen LogP contribution in [0.3, 0.4) is 0 Å². The Hall–Kier alpha value is -2.42. The lowest BCUT2D eigenvalue weighted by Gasteiger charge is -2.19. The molecule has 0 radical (unpaired) electrons. The number of phenols is 1. The highest BCUT2D eigenvalue weighted by Gasteiger charge is 2.29. The third kappa shape index (κ3) is 2.40. The number of esters is 1. The van der Waals surface area contributed by atoms with Crippen molar-refractivity contribution in [2.75, 3.05) is 30.8 Å². The minimum absolute atomic E-state index is 0.136. The Kier molecular flexibility index (Phi) is 3.47. The minimum atomic E-state index is -0.227. The van der Waals surface area contributed by atoms with E-state index in [0.717, 1.165) is 5.69 Å². The Morgan fingerprint density at radius 2 is 2.37 bits per heavy atom. The average molecular weight is 261 g/mol. The maximum Gasteiger partial charge on any atom is 0.310 e. The number of carbonyl (C=O) groups is 1. The lowest BCUT2D eigenvalue weighted by Crippen LogP contribution is -2.23. The van der Waals surface area contributed by atoms with Gasteiger partial charge in [-0.3, -0.25) is 4.79 Å². The molecule has 1 heterocycles. The van der Waals surface area contributed by atoms with Crippen molar-refractivity contribution in [3.63, 3.8) is 0 Å². The van der Waals surface area contributed by atoms with E-state index in [0.29, 0.717) is 19.5 Å². The summed E-state index contributed by atoms with van der Waals surface area (Å²) in [4.78, 5) is 13.4. The van der Waals surface area contributed by atoms with E-state index in [1.165, 1.54) is 7.11 Å². The fraction of sp³-hybridized carbons (Fsp3) is 0.385. The number of benzene rings is 1. The average Bonchev–Trinajstić information content (AvgIpc) is 2.90. The van der Waals surface area contributed by atoms with Crippen LogP contribution < -0.4 is 10.6 Å². The fourth-order valence-electron chi connectivity index (χ4n) is 2.26. The molecule has 1 fully saturated rings. The maximum absolute atomic E-state index is 11.5. The smallest absolute Gasteiger partial charge is 0.310 e. The first-order valence-electron chi connectivity index (χ1n) is 5.92. The molecule has 1 aromatic carbocycles. The van der Waals surface area contributed by atoms with Gasteiger partial charge in [0.2, 0.25) is 0 Å². The molecular weight excluding hydrogens is 246 g/mol. The molecule has 0 amide bonds. The van der Waals surface area contributed by atoms with Crippen LogP contribution in [0.1, 0.15) is 12.0 Å². The zero-order valence-corrected chi connectivity index (χ0v) is 10.6. The predicted octanol–water partition coefficient (Wildman–Crippen LogP) is 0.845. The topological polar surface area (TPSA) is 99.6 Å². The molecule has 0 bridgehead atoms. The van der Waals surface area contributed by atoms with Gasteiger partial charge in [0.15, 0.2) is 5.75 Å². The first-order valence-corrected chi connectivity index (χ1v) is 5.92. The van der Waals surface area contributed by atoms with Crippen LogP contribution in [0.25, 0.3) is 0 Å². The van der Waals surface area contributed by atoms with Crippen LogP contribution in [0, 0.1) is 17.2 Å². The van der Waals surface area contributed by atoms with Crippen LogP contribution in [0.5, 0.6) is 5.75 Å². The summed E-state index contributed by atoms with van der Waals surface area (Å²) in [6.45, 7) is 1.22. The fourth-order valence-corrected chi connectivity index (χ4v) is 2.26. The van der Waals surface area contributed by atoms with Crippen molar-refractivity contribution in [3.8, 4) is 11.8 Å². The molecule has 6 nitrogen and oxygen atoms in total. The van der Waals surface area contributed by atoms with Gasteiger partial charge in [-0.05, 0) is 18.6 Å². The molecule has 1 atom stereocenters. The summed E-state index contributed by atoms with van der Waals surface area (Å²) in [5.74, 6) is -0.588. The Morgan fingerprint density at radius 3 is 3.00 bits per heavy atom. The van der Waals surface area contributed by atoms with E-state index >= 15 is 0 Å². The Labute approximate surface area is 111 Å². The van der Waals surface area contributed by atoms with Crippen LogP contribution >= 0.6 is 0 Å². The number of hydrogen-bond acceptors (Lipinski definition) is 6. The molecule has 19 heavy (non-hydrogen) atoms. The number of nitrogens with two attached hydrogens (primary N) is 1. The van der Waals surface area contributed by atoms with Gasteiger partial charge < -0.3 is 20.5 Å². The summed E-state index contributed by atoms with van der Waals surface area (Å²) in [6.07, 6.45) is 0.704.